The summed E-state index contributed by atoms with van der Waals surface area (Å²) in [7, 11) is 0. The lowest BCUT2D eigenvalue weighted by Gasteiger charge is -2.34. The molecule has 24 heavy (non-hydrogen) atoms. The van der Waals surface area contributed by atoms with E-state index < -0.39 is 0 Å². The van der Waals surface area contributed by atoms with Crippen LogP contribution in [-0.4, -0.2) is 71.2 Å². The molecule has 0 aliphatic carbocycles. The second-order valence-corrected chi connectivity index (χ2v) is 6.45. The van der Waals surface area contributed by atoms with Crippen LogP contribution in [0.4, 0.5) is 9.93 Å². The smallest absolute Gasteiger partial charge is 0.324 e. The summed E-state index contributed by atoms with van der Waals surface area (Å²) in [5.41, 5.74) is 6.69. The van der Waals surface area contributed by atoms with Crippen molar-refractivity contribution in [2.45, 2.75) is 0 Å². The Bertz CT molecular complexity index is 705. The summed E-state index contributed by atoms with van der Waals surface area (Å²) < 4.78 is 1.02. The van der Waals surface area contributed by atoms with Crippen molar-refractivity contribution >= 4 is 38.7 Å². The Morgan fingerprint density at radius 3 is 2.79 bits per heavy atom. The fourth-order valence-corrected chi connectivity index (χ4v) is 3.39. The number of nitrogens with one attached hydrogen (secondary N) is 1. The third-order valence-corrected chi connectivity index (χ3v) is 4.74. The van der Waals surface area contributed by atoms with E-state index in [0.29, 0.717) is 24.8 Å². The highest BCUT2D eigenvalue weighted by Crippen LogP contribution is 2.27. The zero-order valence-corrected chi connectivity index (χ0v) is 14.0. The quantitative estimate of drug-likeness (QED) is 0.555. The van der Waals surface area contributed by atoms with Crippen LogP contribution in [-0.2, 0) is 0 Å². The SMILES string of the molecule is N/C(=N\c1nc2ccccc2s1)NC(=O)N1CCN(CCO)CC1. The molecule has 1 saturated heterocycles. The predicted octanol–water partition coefficient (Wildman–Crippen LogP) is 0.562. The van der Waals surface area contributed by atoms with Crippen LogP contribution in [0.3, 0.4) is 0 Å². The fourth-order valence-electron chi connectivity index (χ4n) is 2.54. The first-order chi connectivity index (χ1) is 11.7. The maximum Gasteiger partial charge on any atom is 0.324 e. The number of piperazine rings is 1. The maximum absolute atomic E-state index is 12.2. The minimum absolute atomic E-state index is 0.0387. The van der Waals surface area contributed by atoms with Gasteiger partial charge in [0.05, 0.1) is 16.8 Å². The van der Waals surface area contributed by atoms with Gasteiger partial charge < -0.3 is 15.7 Å². The number of hydrogen-bond donors (Lipinski definition) is 3. The maximum atomic E-state index is 12.2. The molecule has 1 aromatic carbocycles. The standard InChI is InChI=1S/C15H20N6O2S/c16-13(18-14-17-11-3-1-2-4-12(11)24-14)19-15(23)21-7-5-20(6-8-21)9-10-22/h1-4,22H,5-10H2,(H3,16,17,18,19,23). The van der Waals surface area contributed by atoms with Crippen LogP contribution >= 0.6 is 11.3 Å². The third-order valence-electron chi connectivity index (χ3n) is 3.81. The molecular formula is C15H20N6O2S. The van der Waals surface area contributed by atoms with Crippen molar-refractivity contribution in [3.05, 3.63) is 24.3 Å². The molecule has 0 spiro atoms. The minimum atomic E-state index is -0.263. The Balaban J connectivity index is 1.57. The van der Waals surface area contributed by atoms with Gasteiger partial charge in [-0.3, -0.25) is 10.2 Å². The van der Waals surface area contributed by atoms with Crippen LogP contribution < -0.4 is 11.1 Å². The van der Waals surface area contributed by atoms with Crippen LogP contribution in [0.1, 0.15) is 0 Å². The molecule has 0 bridgehead atoms. The van der Waals surface area contributed by atoms with E-state index >= 15 is 0 Å². The molecule has 2 heterocycles. The van der Waals surface area contributed by atoms with Gasteiger partial charge in [-0.25, -0.2) is 9.78 Å². The molecule has 1 aliphatic heterocycles. The molecule has 3 rings (SSSR count). The largest absolute Gasteiger partial charge is 0.395 e. The summed E-state index contributed by atoms with van der Waals surface area (Å²) in [5, 5.41) is 12.1. The predicted molar refractivity (Wildman–Crippen MR) is 94.5 cm³/mol. The van der Waals surface area contributed by atoms with Crippen LogP contribution in [0.15, 0.2) is 29.3 Å². The van der Waals surface area contributed by atoms with Gasteiger partial charge >= 0.3 is 6.03 Å². The number of urea groups is 1. The summed E-state index contributed by atoms with van der Waals surface area (Å²) in [6.07, 6.45) is 0. The van der Waals surface area contributed by atoms with Gasteiger partial charge in [0.25, 0.3) is 0 Å². The number of carbonyl (C=O) groups excluding carboxylic acids is 1. The van der Waals surface area contributed by atoms with E-state index in [-0.39, 0.29) is 18.6 Å². The average Bonchev–Trinajstić information content (AvgIpc) is 2.97. The van der Waals surface area contributed by atoms with Gasteiger partial charge in [0.15, 0.2) is 0 Å². The Labute approximate surface area is 143 Å². The highest BCUT2D eigenvalue weighted by Gasteiger charge is 2.21. The highest BCUT2D eigenvalue weighted by atomic mass is 32.1. The van der Waals surface area contributed by atoms with Crippen LogP contribution in [0.2, 0.25) is 0 Å². The number of amides is 2. The van der Waals surface area contributed by atoms with Gasteiger partial charge in [-0.1, -0.05) is 23.5 Å². The normalized spacial score (nSPS) is 16.5. The number of guanidine groups is 1. The Morgan fingerprint density at radius 1 is 1.33 bits per heavy atom. The van der Waals surface area contributed by atoms with Crippen molar-refractivity contribution in [3.8, 4) is 0 Å². The van der Waals surface area contributed by atoms with Crippen LogP contribution in [0.5, 0.6) is 0 Å². The third kappa shape index (κ3) is 3.99. The van der Waals surface area contributed by atoms with Gasteiger partial charge in [0.2, 0.25) is 11.1 Å². The summed E-state index contributed by atoms with van der Waals surface area (Å²) in [6.45, 7) is 3.44. The number of nitrogens with zero attached hydrogens (tertiary/aromatic N) is 4. The summed E-state index contributed by atoms with van der Waals surface area (Å²) in [4.78, 5) is 24.5. The Morgan fingerprint density at radius 2 is 2.08 bits per heavy atom. The number of nitrogens with two attached hydrogens (primary N) is 1. The molecule has 1 aromatic heterocycles. The van der Waals surface area contributed by atoms with Gasteiger partial charge in [0.1, 0.15) is 0 Å². The topological polar surface area (TPSA) is 107 Å². The van der Waals surface area contributed by atoms with Crippen molar-refractivity contribution in [1.29, 1.82) is 0 Å². The van der Waals surface area contributed by atoms with E-state index in [1.165, 1.54) is 11.3 Å². The second kappa shape index (κ2) is 7.56. The monoisotopic (exact) mass is 348 g/mol. The molecule has 8 nitrogen and oxygen atoms in total. The zero-order valence-electron chi connectivity index (χ0n) is 13.2. The van der Waals surface area contributed by atoms with E-state index in [9.17, 15) is 4.79 Å². The first kappa shape index (κ1) is 16.6. The number of para-hydroxylation sites is 1. The second-order valence-electron chi connectivity index (χ2n) is 5.44. The number of aliphatic imine (C=N–C) groups is 1. The average molecular weight is 348 g/mol. The van der Waals surface area contributed by atoms with Crippen molar-refractivity contribution in [1.82, 2.24) is 20.1 Å². The van der Waals surface area contributed by atoms with E-state index in [1.54, 1.807) is 4.90 Å². The van der Waals surface area contributed by atoms with Crippen molar-refractivity contribution < 1.29 is 9.90 Å². The van der Waals surface area contributed by atoms with Gasteiger partial charge in [-0.05, 0) is 12.1 Å². The Kier molecular flexibility index (Phi) is 5.24. The fraction of sp³-hybridized carbons (Fsp3) is 0.400. The number of hydrogen-bond acceptors (Lipinski definition) is 6. The lowest BCUT2D eigenvalue weighted by Crippen LogP contribution is -2.54. The van der Waals surface area contributed by atoms with Crippen LogP contribution in [0, 0.1) is 0 Å². The molecule has 1 aliphatic rings. The molecule has 2 amide bonds. The van der Waals surface area contributed by atoms with E-state index in [1.807, 2.05) is 24.3 Å². The number of benzene rings is 1. The Hall–Kier alpha value is -2.23. The molecular weight excluding hydrogens is 328 g/mol. The number of aromatic nitrogens is 1. The number of aliphatic hydroxyl groups excluding tert-OH is 1. The summed E-state index contributed by atoms with van der Waals surface area (Å²) in [6, 6.07) is 7.46. The summed E-state index contributed by atoms with van der Waals surface area (Å²) in [5.74, 6) is 0.0387. The van der Waals surface area contributed by atoms with Gasteiger partial charge in [-0.2, -0.15) is 4.99 Å². The lowest BCUT2D eigenvalue weighted by molar-refractivity contribution is 0.124. The molecule has 0 radical (unpaired) electrons. The number of aliphatic hydroxyl groups is 1. The molecule has 0 atom stereocenters. The lowest BCUT2D eigenvalue weighted by atomic mass is 10.3. The number of β-amino-alcohol motifs (C(OH)–C–C–N with tert-alkyl or cyclic N) is 1. The van der Waals surface area contributed by atoms with Crippen molar-refractivity contribution in [2.24, 2.45) is 10.7 Å². The van der Waals surface area contributed by atoms with Crippen molar-refractivity contribution in [3.63, 3.8) is 0 Å². The number of carbonyl (C=O) groups is 1. The van der Waals surface area contributed by atoms with E-state index in [0.717, 1.165) is 23.3 Å². The van der Waals surface area contributed by atoms with Crippen LogP contribution in [0.25, 0.3) is 10.2 Å². The first-order valence-electron chi connectivity index (χ1n) is 7.74. The summed E-state index contributed by atoms with van der Waals surface area (Å²) >= 11 is 1.42. The molecule has 0 unspecified atom stereocenters. The molecule has 1 fully saturated rings. The highest BCUT2D eigenvalue weighted by molar-refractivity contribution is 7.22. The minimum Gasteiger partial charge on any atom is -0.395 e. The van der Waals surface area contributed by atoms with E-state index in [2.05, 4.69) is 20.2 Å². The van der Waals surface area contributed by atoms with Gasteiger partial charge in [-0.15, -0.1) is 0 Å². The molecule has 9 heteroatoms. The molecule has 0 saturated carbocycles. The van der Waals surface area contributed by atoms with E-state index in [4.69, 9.17) is 10.8 Å². The van der Waals surface area contributed by atoms with Gasteiger partial charge in [0, 0.05) is 32.7 Å². The molecule has 2 aromatic rings. The zero-order chi connectivity index (χ0) is 16.9. The molecule has 4 N–H and O–H groups in total. The number of rotatable bonds is 3. The van der Waals surface area contributed by atoms with Crippen molar-refractivity contribution in [2.75, 3.05) is 39.3 Å². The first-order valence-corrected chi connectivity index (χ1v) is 8.56. The number of fused-ring (bicyclic) bond motifs is 1. The molecule has 128 valence electrons. The number of thiazole rings is 1.